The van der Waals surface area contributed by atoms with Crippen LogP contribution in [-0.4, -0.2) is 40.8 Å². The van der Waals surface area contributed by atoms with Crippen LogP contribution in [0.2, 0.25) is 0 Å². The molecule has 0 spiro atoms. The number of aromatic amines is 1. The second-order valence-corrected chi connectivity index (χ2v) is 7.44. The third-order valence-electron chi connectivity index (χ3n) is 5.15. The summed E-state index contributed by atoms with van der Waals surface area (Å²) < 4.78 is 1.93. The highest BCUT2D eigenvalue weighted by Gasteiger charge is 2.17. The van der Waals surface area contributed by atoms with E-state index in [1.165, 1.54) is 0 Å². The maximum atomic E-state index is 5.45. The van der Waals surface area contributed by atoms with Crippen molar-refractivity contribution in [3.8, 4) is 34.9 Å². The lowest BCUT2D eigenvalue weighted by Gasteiger charge is -2.15. The second kappa shape index (κ2) is 9.87. The number of hydrogen-bond acceptors (Lipinski definition) is 6. The second-order valence-electron chi connectivity index (χ2n) is 7.11. The van der Waals surface area contributed by atoms with Gasteiger partial charge in [0.25, 0.3) is 0 Å². The van der Waals surface area contributed by atoms with Crippen LogP contribution in [-0.2, 0) is 6.54 Å². The van der Waals surface area contributed by atoms with Gasteiger partial charge in [0.15, 0.2) is 5.82 Å². The maximum Gasteiger partial charge on any atom is 0.180 e. The SMILES string of the molecule is C#CCCC(CC=S)c1ncnn1Cc1ccc(-c2ccccc2-c2nnn[nH]2)cc1. The van der Waals surface area contributed by atoms with E-state index in [1.54, 1.807) is 11.7 Å². The van der Waals surface area contributed by atoms with Crippen molar-refractivity contribution in [1.29, 1.82) is 0 Å². The Morgan fingerprint density at radius 1 is 1.13 bits per heavy atom. The summed E-state index contributed by atoms with van der Waals surface area (Å²) in [4.78, 5) is 4.48. The van der Waals surface area contributed by atoms with Crippen molar-refractivity contribution < 1.29 is 0 Å². The Kier molecular flexibility index (Phi) is 6.55. The Morgan fingerprint density at radius 3 is 2.65 bits per heavy atom. The molecule has 0 amide bonds. The Bertz CT molecular complexity index is 1170. The summed E-state index contributed by atoms with van der Waals surface area (Å²) >= 11 is 5.08. The van der Waals surface area contributed by atoms with Gasteiger partial charge < -0.3 is 0 Å². The number of thiocarbonyl (C=S) groups is 1. The van der Waals surface area contributed by atoms with Crippen molar-refractivity contribution in [3.05, 3.63) is 66.2 Å². The molecule has 2 aromatic heterocycles. The van der Waals surface area contributed by atoms with Gasteiger partial charge in [-0.25, -0.2) is 14.8 Å². The Balaban J connectivity index is 1.56. The summed E-state index contributed by atoms with van der Waals surface area (Å²) in [6.45, 7) is 0.632. The van der Waals surface area contributed by atoms with Gasteiger partial charge in [-0.3, -0.25) is 0 Å². The Morgan fingerprint density at radius 2 is 1.94 bits per heavy atom. The first-order chi connectivity index (χ1) is 15.3. The van der Waals surface area contributed by atoms with Gasteiger partial charge in [0.05, 0.1) is 6.54 Å². The third-order valence-corrected chi connectivity index (χ3v) is 5.35. The van der Waals surface area contributed by atoms with Crippen LogP contribution < -0.4 is 0 Å². The molecule has 0 saturated heterocycles. The predicted octanol–water partition coefficient (Wildman–Crippen LogP) is 4.06. The molecule has 0 saturated carbocycles. The molecule has 0 bridgehead atoms. The molecule has 0 aliphatic carbocycles. The lowest BCUT2D eigenvalue weighted by Crippen LogP contribution is -2.12. The fourth-order valence-corrected chi connectivity index (χ4v) is 3.85. The Labute approximate surface area is 185 Å². The average Bonchev–Trinajstić information content (AvgIpc) is 3.50. The van der Waals surface area contributed by atoms with Gasteiger partial charge in [-0.1, -0.05) is 60.7 Å². The normalized spacial score (nSPS) is 11.7. The molecule has 7 nitrogen and oxygen atoms in total. The van der Waals surface area contributed by atoms with Crippen molar-refractivity contribution in [2.45, 2.75) is 31.7 Å². The first-order valence-electron chi connectivity index (χ1n) is 9.97. The first-order valence-corrected chi connectivity index (χ1v) is 10.4. The summed E-state index contributed by atoms with van der Waals surface area (Å²) in [5.74, 6) is 4.44. The van der Waals surface area contributed by atoms with E-state index < -0.39 is 0 Å². The van der Waals surface area contributed by atoms with Gasteiger partial charge in [0, 0.05) is 17.9 Å². The average molecular weight is 428 g/mol. The highest BCUT2D eigenvalue weighted by Crippen LogP contribution is 2.30. The quantitative estimate of drug-likeness (QED) is 0.320. The number of rotatable bonds is 9. The van der Waals surface area contributed by atoms with Gasteiger partial charge in [-0.2, -0.15) is 5.10 Å². The van der Waals surface area contributed by atoms with Gasteiger partial charge in [0.1, 0.15) is 12.2 Å². The minimum Gasteiger partial charge on any atom is -0.245 e. The number of terminal acetylenes is 1. The van der Waals surface area contributed by atoms with Crippen LogP contribution >= 0.6 is 12.2 Å². The summed E-state index contributed by atoms with van der Waals surface area (Å²) in [5.41, 5.74) is 4.23. The van der Waals surface area contributed by atoms with E-state index in [-0.39, 0.29) is 5.92 Å². The smallest absolute Gasteiger partial charge is 0.180 e. The monoisotopic (exact) mass is 427 g/mol. The van der Waals surface area contributed by atoms with Gasteiger partial charge >= 0.3 is 0 Å². The standard InChI is InChI=1S/C23H21N7S/c1-2-3-6-19(13-14-31)23-24-16-25-30(23)15-17-9-11-18(12-10-17)20-7-4-5-8-21(20)22-26-28-29-27-22/h1,4-5,7-12,14,16,19H,3,6,13,15H2,(H,26,27,28,29). The van der Waals surface area contributed by atoms with E-state index in [4.69, 9.17) is 18.6 Å². The summed E-state index contributed by atoms with van der Waals surface area (Å²) in [6, 6.07) is 16.4. The lowest BCUT2D eigenvalue weighted by molar-refractivity contribution is 0.552. The van der Waals surface area contributed by atoms with Crippen molar-refractivity contribution >= 4 is 17.6 Å². The van der Waals surface area contributed by atoms with Crippen LogP contribution in [0.1, 0.15) is 36.6 Å². The summed E-state index contributed by atoms with van der Waals surface area (Å²) in [7, 11) is 0. The molecule has 0 fully saturated rings. The van der Waals surface area contributed by atoms with Gasteiger partial charge in [0.2, 0.25) is 0 Å². The molecule has 31 heavy (non-hydrogen) atoms. The number of H-pyrrole nitrogens is 1. The highest BCUT2D eigenvalue weighted by molar-refractivity contribution is 7.78. The van der Waals surface area contributed by atoms with Crippen molar-refractivity contribution in [1.82, 2.24) is 35.4 Å². The zero-order valence-electron chi connectivity index (χ0n) is 16.8. The molecule has 154 valence electrons. The molecule has 0 aliphatic rings. The van der Waals surface area contributed by atoms with E-state index in [0.29, 0.717) is 18.8 Å². The van der Waals surface area contributed by atoms with E-state index >= 15 is 0 Å². The molecule has 1 unspecified atom stereocenters. The van der Waals surface area contributed by atoms with Crippen molar-refractivity contribution in [2.24, 2.45) is 0 Å². The molecule has 0 aliphatic heterocycles. The third kappa shape index (κ3) is 4.73. The zero-order valence-corrected chi connectivity index (χ0v) is 17.7. The summed E-state index contributed by atoms with van der Waals surface area (Å²) in [5, 5.41) is 20.4. The fourth-order valence-electron chi connectivity index (χ4n) is 3.61. The van der Waals surface area contributed by atoms with Crippen molar-refractivity contribution in [3.63, 3.8) is 0 Å². The van der Waals surface area contributed by atoms with E-state index in [1.807, 2.05) is 22.9 Å². The molecule has 1 atom stereocenters. The topological polar surface area (TPSA) is 85.2 Å². The molecule has 4 rings (SSSR count). The van der Waals surface area contributed by atoms with Crippen LogP contribution in [0.4, 0.5) is 0 Å². The number of aromatic nitrogens is 7. The summed E-state index contributed by atoms with van der Waals surface area (Å²) in [6.07, 6.45) is 9.33. The molecule has 2 heterocycles. The van der Waals surface area contributed by atoms with Crippen LogP contribution in [0, 0.1) is 12.3 Å². The number of tetrazole rings is 1. The zero-order chi connectivity index (χ0) is 21.5. The minimum atomic E-state index is 0.178. The van der Waals surface area contributed by atoms with Gasteiger partial charge in [-0.15, -0.1) is 17.4 Å². The lowest BCUT2D eigenvalue weighted by atomic mass is 9.98. The minimum absolute atomic E-state index is 0.178. The van der Waals surface area contributed by atoms with Crippen LogP contribution in [0.3, 0.4) is 0 Å². The molecular weight excluding hydrogens is 406 g/mol. The van der Waals surface area contributed by atoms with Crippen LogP contribution in [0.25, 0.3) is 22.5 Å². The van der Waals surface area contributed by atoms with E-state index in [2.05, 4.69) is 67.0 Å². The Hall–Kier alpha value is -3.70. The van der Waals surface area contributed by atoms with E-state index in [0.717, 1.165) is 40.9 Å². The predicted molar refractivity (Wildman–Crippen MR) is 123 cm³/mol. The highest BCUT2D eigenvalue weighted by atomic mass is 32.1. The van der Waals surface area contributed by atoms with E-state index in [9.17, 15) is 0 Å². The number of nitrogens with zero attached hydrogens (tertiary/aromatic N) is 6. The molecule has 0 radical (unpaired) electrons. The molecule has 8 heteroatoms. The number of hydrogen-bond donors (Lipinski definition) is 1. The number of nitrogens with one attached hydrogen (secondary N) is 1. The van der Waals surface area contributed by atoms with Gasteiger partial charge in [-0.05, 0) is 45.3 Å². The van der Waals surface area contributed by atoms with Crippen molar-refractivity contribution in [2.75, 3.05) is 0 Å². The fraction of sp³-hybridized carbons (Fsp3) is 0.217. The molecule has 1 N–H and O–H groups in total. The largest absolute Gasteiger partial charge is 0.245 e. The maximum absolute atomic E-state index is 5.45. The van der Waals surface area contributed by atoms with Crippen LogP contribution in [0.5, 0.6) is 0 Å². The van der Waals surface area contributed by atoms with Crippen LogP contribution in [0.15, 0.2) is 54.9 Å². The molecular formula is C23H21N7S. The molecule has 4 aromatic rings. The molecule has 2 aromatic carbocycles. The number of benzene rings is 2. The first kappa shape index (κ1) is 20.6.